The summed E-state index contributed by atoms with van der Waals surface area (Å²) >= 11 is 18.5. The summed E-state index contributed by atoms with van der Waals surface area (Å²) in [6, 6.07) is 7.75. The molecule has 0 saturated carbocycles. The Morgan fingerprint density at radius 3 is 2.35 bits per heavy atom. The highest BCUT2D eigenvalue weighted by Gasteiger charge is 2.31. The standard InChI is InChI=1S/C13H17Cl3O/c1-17-8-4-7-13(9-14,10-15)11-5-2-3-6-12(11)16/h2-3,5-6H,4,7-10H2,1H3. The van der Waals surface area contributed by atoms with Gasteiger partial charge in [-0.05, 0) is 24.5 Å². The Labute approximate surface area is 118 Å². The summed E-state index contributed by atoms with van der Waals surface area (Å²) in [5.41, 5.74) is 0.766. The highest BCUT2D eigenvalue weighted by atomic mass is 35.5. The van der Waals surface area contributed by atoms with E-state index in [4.69, 9.17) is 39.5 Å². The van der Waals surface area contributed by atoms with Gasteiger partial charge >= 0.3 is 0 Å². The number of ether oxygens (including phenoxy) is 1. The average Bonchev–Trinajstić information content (AvgIpc) is 2.36. The first-order valence-corrected chi connectivity index (χ1v) is 7.01. The summed E-state index contributed by atoms with van der Waals surface area (Å²) in [5.74, 6) is 0.924. The quantitative estimate of drug-likeness (QED) is 0.532. The Morgan fingerprint density at radius 1 is 1.18 bits per heavy atom. The van der Waals surface area contributed by atoms with Gasteiger partial charge in [0, 0.05) is 35.9 Å². The maximum atomic E-state index is 6.23. The molecule has 1 rings (SSSR count). The number of halogens is 3. The van der Waals surface area contributed by atoms with E-state index in [0.717, 1.165) is 23.4 Å². The maximum Gasteiger partial charge on any atom is 0.0462 e. The van der Waals surface area contributed by atoms with E-state index in [0.29, 0.717) is 18.4 Å². The van der Waals surface area contributed by atoms with Gasteiger partial charge in [-0.2, -0.15) is 0 Å². The number of hydrogen-bond donors (Lipinski definition) is 0. The molecule has 0 spiro atoms. The molecule has 0 aromatic heterocycles. The Kier molecular flexibility index (Phi) is 6.65. The highest BCUT2D eigenvalue weighted by molar-refractivity contribution is 6.32. The van der Waals surface area contributed by atoms with E-state index in [1.165, 1.54) is 0 Å². The van der Waals surface area contributed by atoms with Crippen molar-refractivity contribution >= 4 is 34.8 Å². The predicted molar refractivity (Wildman–Crippen MR) is 75.7 cm³/mol. The second kappa shape index (κ2) is 7.48. The minimum absolute atomic E-state index is 0.264. The lowest BCUT2D eigenvalue weighted by molar-refractivity contribution is 0.186. The SMILES string of the molecule is COCCCC(CCl)(CCl)c1ccccc1Cl. The largest absolute Gasteiger partial charge is 0.385 e. The second-order valence-electron chi connectivity index (χ2n) is 4.12. The van der Waals surface area contributed by atoms with Gasteiger partial charge < -0.3 is 4.74 Å². The van der Waals surface area contributed by atoms with E-state index < -0.39 is 0 Å². The molecular formula is C13H17Cl3O. The lowest BCUT2D eigenvalue weighted by Crippen LogP contribution is -2.31. The van der Waals surface area contributed by atoms with Crippen LogP contribution in [0.5, 0.6) is 0 Å². The number of rotatable bonds is 7. The summed E-state index contributed by atoms with van der Waals surface area (Å²) in [6.45, 7) is 0.708. The molecule has 0 atom stereocenters. The van der Waals surface area contributed by atoms with E-state index >= 15 is 0 Å². The van der Waals surface area contributed by atoms with E-state index in [2.05, 4.69) is 0 Å². The molecule has 1 aromatic carbocycles. The van der Waals surface area contributed by atoms with E-state index in [-0.39, 0.29) is 5.41 Å². The molecule has 0 unspecified atom stereocenters. The Hall–Kier alpha value is 0.0500. The molecule has 0 bridgehead atoms. The molecule has 1 aromatic rings. The van der Waals surface area contributed by atoms with Crippen molar-refractivity contribution in [3.05, 3.63) is 34.9 Å². The van der Waals surface area contributed by atoms with Gasteiger partial charge in [0.1, 0.15) is 0 Å². The van der Waals surface area contributed by atoms with Gasteiger partial charge in [0.25, 0.3) is 0 Å². The van der Waals surface area contributed by atoms with Crippen molar-refractivity contribution in [3.8, 4) is 0 Å². The summed E-state index contributed by atoms with van der Waals surface area (Å²) in [5, 5.41) is 0.728. The van der Waals surface area contributed by atoms with Crippen LogP contribution >= 0.6 is 34.8 Å². The summed E-state index contributed by atoms with van der Waals surface area (Å²) in [6.07, 6.45) is 1.79. The fraction of sp³-hybridized carbons (Fsp3) is 0.538. The van der Waals surface area contributed by atoms with Crippen molar-refractivity contribution < 1.29 is 4.74 Å². The van der Waals surface area contributed by atoms with Gasteiger partial charge in [-0.3, -0.25) is 0 Å². The number of hydrogen-bond acceptors (Lipinski definition) is 1. The van der Waals surface area contributed by atoms with Crippen LogP contribution in [0.1, 0.15) is 18.4 Å². The fourth-order valence-electron chi connectivity index (χ4n) is 1.89. The lowest BCUT2D eigenvalue weighted by Gasteiger charge is -2.31. The van der Waals surface area contributed by atoms with Crippen LogP contribution in [0.3, 0.4) is 0 Å². The van der Waals surface area contributed by atoms with Crippen molar-refractivity contribution in [3.63, 3.8) is 0 Å². The van der Waals surface area contributed by atoms with Gasteiger partial charge in [0.05, 0.1) is 0 Å². The zero-order valence-electron chi connectivity index (χ0n) is 9.89. The molecule has 0 fully saturated rings. The summed E-state index contributed by atoms with van der Waals surface area (Å²) < 4.78 is 5.07. The molecule has 0 heterocycles. The summed E-state index contributed by atoms with van der Waals surface area (Å²) in [4.78, 5) is 0. The van der Waals surface area contributed by atoms with Crippen LogP contribution < -0.4 is 0 Å². The predicted octanol–water partition coefficient (Wildman–Crippen LogP) is 4.48. The van der Waals surface area contributed by atoms with Crippen molar-refractivity contribution in [2.24, 2.45) is 0 Å². The number of methoxy groups -OCH3 is 1. The van der Waals surface area contributed by atoms with Crippen LogP contribution in [0, 0.1) is 0 Å². The third-order valence-electron chi connectivity index (χ3n) is 2.96. The van der Waals surface area contributed by atoms with Crippen LogP contribution in [-0.2, 0) is 10.2 Å². The maximum absolute atomic E-state index is 6.23. The fourth-order valence-corrected chi connectivity index (χ4v) is 3.07. The van der Waals surface area contributed by atoms with Gasteiger partial charge in [0.15, 0.2) is 0 Å². The molecule has 4 heteroatoms. The Bertz CT molecular complexity index is 337. The molecule has 0 saturated heterocycles. The zero-order chi connectivity index (χ0) is 12.7. The lowest BCUT2D eigenvalue weighted by atomic mass is 9.80. The first-order valence-electron chi connectivity index (χ1n) is 5.56. The molecule has 0 aliphatic carbocycles. The third kappa shape index (κ3) is 3.75. The first kappa shape index (κ1) is 15.1. The molecule has 0 amide bonds. The minimum Gasteiger partial charge on any atom is -0.385 e. The molecule has 0 radical (unpaired) electrons. The van der Waals surface area contributed by atoms with E-state index in [1.54, 1.807) is 7.11 Å². The third-order valence-corrected chi connectivity index (χ3v) is 4.31. The first-order chi connectivity index (χ1) is 8.20. The Morgan fingerprint density at radius 2 is 1.82 bits per heavy atom. The molecule has 96 valence electrons. The normalized spacial score (nSPS) is 11.8. The second-order valence-corrected chi connectivity index (χ2v) is 5.07. The smallest absolute Gasteiger partial charge is 0.0462 e. The molecule has 17 heavy (non-hydrogen) atoms. The van der Waals surface area contributed by atoms with Crippen LogP contribution in [0.25, 0.3) is 0 Å². The average molecular weight is 296 g/mol. The van der Waals surface area contributed by atoms with Gasteiger partial charge in [-0.1, -0.05) is 29.8 Å². The van der Waals surface area contributed by atoms with Gasteiger partial charge in [-0.15, -0.1) is 23.2 Å². The number of benzene rings is 1. The zero-order valence-corrected chi connectivity index (χ0v) is 12.2. The van der Waals surface area contributed by atoms with E-state index in [1.807, 2.05) is 24.3 Å². The van der Waals surface area contributed by atoms with Gasteiger partial charge in [0.2, 0.25) is 0 Å². The van der Waals surface area contributed by atoms with Crippen molar-refractivity contribution in [1.82, 2.24) is 0 Å². The molecule has 0 aliphatic rings. The van der Waals surface area contributed by atoms with Crippen LogP contribution in [-0.4, -0.2) is 25.5 Å². The van der Waals surface area contributed by atoms with E-state index in [9.17, 15) is 0 Å². The highest BCUT2D eigenvalue weighted by Crippen LogP contribution is 2.36. The molecular weight excluding hydrogens is 279 g/mol. The van der Waals surface area contributed by atoms with Crippen molar-refractivity contribution in [2.75, 3.05) is 25.5 Å². The summed E-state index contributed by atoms with van der Waals surface area (Å²) in [7, 11) is 1.69. The monoisotopic (exact) mass is 294 g/mol. The van der Waals surface area contributed by atoms with Crippen molar-refractivity contribution in [2.45, 2.75) is 18.3 Å². The van der Waals surface area contributed by atoms with Crippen LogP contribution in [0.15, 0.2) is 24.3 Å². The van der Waals surface area contributed by atoms with Gasteiger partial charge in [-0.25, -0.2) is 0 Å². The van der Waals surface area contributed by atoms with Crippen LogP contribution in [0.4, 0.5) is 0 Å². The number of alkyl halides is 2. The topological polar surface area (TPSA) is 9.23 Å². The molecule has 1 nitrogen and oxygen atoms in total. The molecule has 0 N–H and O–H groups in total. The Balaban J connectivity index is 2.94. The van der Waals surface area contributed by atoms with Crippen LogP contribution in [0.2, 0.25) is 5.02 Å². The molecule has 0 aliphatic heterocycles. The minimum atomic E-state index is -0.264. The van der Waals surface area contributed by atoms with Crippen molar-refractivity contribution in [1.29, 1.82) is 0 Å².